The fourth-order valence-corrected chi connectivity index (χ4v) is 4.77. The third-order valence-electron chi connectivity index (χ3n) is 6.24. The van der Waals surface area contributed by atoms with Gasteiger partial charge in [0, 0.05) is 18.4 Å². The third kappa shape index (κ3) is 3.25. The number of hydrogen-bond donors (Lipinski definition) is 2. The number of carbonyl (C=O) groups excluding carboxylic acids is 1. The van der Waals surface area contributed by atoms with E-state index in [2.05, 4.69) is 0 Å². The first-order valence-corrected chi connectivity index (χ1v) is 10.6. The molecule has 168 valence electrons. The summed E-state index contributed by atoms with van der Waals surface area (Å²) in [6.07, 6.45) is 0.00155. The molecule has 3 atom stereocenters. The minimum absolute atomic E-state index is 0.0495. The van der Waals surface area contributed by atoms with Gasteiger partial charge in [-0.1, -0.05) is 18.2 Å². The second kappa shape index (κ2) is 7.99. The summed E-state index contributed by atoms with van der Waals surface area (Å²) >= 11 is 0. The molecule has 0 radical (unpaired) electrons. The van der Waals surface area contributed by atoms with Gasteiger partial charge in [-0.15, -0.1) is 0 Å². The molecule has 0 aliphatic carbocycles. The lowest BCUT2D eigenvalue weighted by Gasteiger charge is -2.37. The lowest BCUT2D eigenvalue weighted by Crippen LogP contribution is -2.55. The second-order valence-electron chi connectivity index (χ2n) is 8.09. The molecule has 0 bridgehead atoms. The highest BCUT2D eigenvalue weighted by Crippen LogP contribution is 2.44. The maximum atomic E-state index is 13.7. The molecule has 1 saturated heterocycles. The van der Waals surface area contributed by atoms with Gasteiger partial charge in [-0.05, 0) is 43.4 Å². The van der Waals surface area contributed by atoms with Gasteiger partial charge in [0.1, 0.15) is 0 Å². The van der Waals surface area contributed by atoms with Crippen LogP contribution in [-0.2, 0) is 15.9 Å². The number of nitrogens with zero attached hydrogens (tertiary/aromatic N) is 2. The van der Waals surface area contributed by atoms with Gasteiger partial charge in [0.05, 0.1) is 24.4 Å². The number of hydrogen-bond acceptors (Lipinski definition) is 6. The standard InChI is InChI=1S/C23H24N2O7/c1-30-19-11-14-16(12-18(19)26)25(23(28)29)22(32-20-8-4-5-9-31-20)17-10-13-6-2-3-7-15(13)24(17)21(14)27/h2-3,6-7,11-12,17,20,22,26H,4-5,8-10H2,1H3,(H,28,29)/t17-,20?,22?/m0/s1. The molecule has 5 rings (SSSR count). The van der Waals surface area contributed by atoms with Gasteiger partial charge in [0.25, 0.3) is 5.91 Å². The van der Waals surface area contributed by atoms with Crippen molar-refractivity contribution >= 4 is 23.4 Å². The Morgan fingerprint density at radius 1 is 1.19 bits per heavy atom. The summed E-state index contributed by atoms with van der Waals surface area (Å²) in [5.74, 6) is -0.558. The summed E-state index contributed by atoms with van der Waals surface area (Å²) in [6, 6.07) is 9.52. The molecule has 3 heterocycles. The largest absolute Gasteiger partial charge is 0.504 e. The Morgan fingerprint density at radius 3 is 2.72 bits per heavy atom. The number of benzene rings is 2. The van der Waals surface area contributed by atoms with Crippen LogP contribution >= 0.6 is 0 Å². The van der Waals surface area contributed by atoms with Crippen molar-refractivity contribution in [2.24, 2.45) is 0 Å². The minimum Gasteiger partial charge on any atom is -0.504 e. The molecule has 0 aromatic heterocycles. The maximum Gasteiger partial charge on any atom is 0.414 e. The number of phenolic OH excluding ortho intramolecular Hbond substituents is 1. The number of rotatable bonds is 3. The second-order valence-corrected chi connectivity index (χ2v) is 8.09. The molecule has 3 aliphatic heterocycles. The van der Waals surface area contributed by atoms with Crippen LogP contribution in [0.2, 0.25) is 0 Å². The normalized spacial score (nSPS) is 24.4. The van der Waals surface area contributed by atoms with E-state index >= 15 is 0 Å². The van der Waals surface area contributed by atoms with E-state index in [-0.39, 0.29) is 28.7 Å². The van der Waals surface area contributed by atoms with Crippen LogP contribution < -0.4 is 14.5 Å². The van der Waals surface area contributed by atoms with Crippen LogP contribution in [0.15, 0.2) is 36.4 Å². The Labute approximate surface area is 184 Å². The number of phenols is 1. The average molecular weight is 440 g/mol. The number of aromatic hydroxyl groups is 1. The van der Waals surface area contributed by atoms with Crippen molar-refractivity contribution in [2.45, 2.75) is 44.2 Å². The van der Waals surface area contributed by atoms with Crippen molar-refractivity contribution in [1.82, 2.24) is 0 Å². The molecule has 2 amide bonds. The van der Waals surface area contributed by atoms with Crippen molar-refractivity contribution < 1.29 is 34.0 Å². The summed E-state index contributed by atoms with van der Waals surface area (Å²) in [5, 5.41) is 20.6. The van der Waals surface area contributed by atoms with Crippen molar-refractivity contribution in [2.75, 3.05) is 23.5 Å². The van der Waals surface area contributed by atoms with E-state index in [0.29, 0.717) is 25.1 Å². The quantitative estimate of drug-likeness (QED) is 0.753. The molecule has 3 aliphatic rings. The van der Waals surface area contributed by atoms with Crippen LogP contribution in [0.1, 0.15) is 35.2 Å². The highest BCUT2D eigenvalue weighted by molar-refractivity contribution is 6.14. The minimum atomic E-state index is -1.29. The Morgan fingerprint density at radius 2 is 2.00 bits per heavy atom. The molecule has 2 aromatic carbocycles. The van der Waals surface area contributed by atoms with Crippen LogP contribution in [0, 0.1) is 0 Å². The third-order valence-corrected chi connectivity index (χ3v) is 6.24. The number of ether oxygens (including phenoxy) is 3. The summed E-state index contributed by atoms with van der Waals surface area (Å²) in [6.45, 7) is 0.534. The van der Waals surface area contributed by atoms with Crippen molar-refractivity contribution in [3.05, 3.63) is 47.5 Å². The van der Waals surface area contributed by atoms with Crippen LogP contribution in [0.3, 0.4) is 0 Å². The first-order valence-electron chi connectivity index (χ1n) is 10.6. The molecule has 0 saturated carbocycles. The zero-order chi connectivity index (χ0) is 22.4. The zero-order valence-corrected chi connectivity index (χ0v) is 17.6. The van der Waals surface area contributed by atoms with Crippen LogP contribution in [0.4, 0.5) is 16.2 Å². The molecule has 2 unspecified atom stereocenters. The lowest BCUT2D eigenvalue weighted by molar-refractivity contribution is -0.190. The summed E-state index contributed by atoms with van der Waals surface area (Å²) in [5.41, 5.74) is 1.81. The van der Waals surface area contributed by atoms with Crippen molar-refractivity contribution in [3.63, 3.8) is 0 Å². The fourth-order valence-electron chi connectivity index (χ4n) is 4.77. The molecule has 0 spiro atoms. The lowest BCUT2D eigenvalue weighted by atomic mass is 10.1. The number of fused-ring (bicyclic) bond motifs is 4. The highest BCUT2D eigenvalue weighted by Gasteiger charge is 2.49. The van der Waals surface area contributed by atoms with E-state index in [1.54, 1.807) is 4.90 Å². The summed E-state index contributed by atoms with van der Waals surface area (Å²) in [4.78, 5) is 28.9. The Balaban J connectivity index is 1.69. The van der Waals surface area contributed by atoms with Crippen molar-refractivity contribution in [1.29, 1.82) is 0 Å². The van der Waals surface area contributed by atoms with Crippen LogP contribution in [0.25, 0.3) is 0 Å². The Hall–Kier alpha value is -3.30. The monoisotopic (exact) mass is 440 g/mol. The van der Waals surface area contributed by atoms with Gasteiger partial charge in [0.15, 0.2) is 24.0 Å². The first kappa shape index (κ1) is 20.6. The van der Waals surface area contributed by atoms with E-state index in [1.165, 1.54) is 19.2 Å². The van der Waals surface area contributed by atoms with Crippen LogP contribution in [0.5, 0.6) is 11.5 Å². The molecular formula is C23H24N2O7. The van der Waals surface area contributed by atoms with Gasteiger partial charge in [-0.2, -0.15) is 0 Å². The topological polar surface area (TPSA) is 109 Å². The fraction of sp³-hybridized carbons (Fsp3) is 0.391. The van der Waals surface area contributed by atoms with Gasteiger partial charge in [-0.3, -0.25) is 4.79 Å². The Bertz CT molecular complexity index is 1070. The number of carboxylic acid groups (broad SMARTS) is 1. The summed E-state index contributed by atoms with van der Waals surface area (Å²) < 4.78 is 17.2. The molecule has 2 N–H and O–H groups in total. The number of methoxy groups -OCH3 is 1. The molecule has 9 heteroatoms. The first-order chi connectivity index (χ1) is 15.5. The number of para-hydroxylation sites is 1. The number of amides is 2. The van der Waals surface area contributed by atoms with Crippen LogP contribution in [-0.4, -0.2) is 54.5 Å². The van der Waals surface area contributed by atoms with E-state index in [0.717, 1.165) is 23.3 Å². The predicted molar refractivity (Wildman–Crippen MR) is 114 cm³/mol. The van der Waals surface area contributed by atoms with Gasteiger partial charge < -0.3 is 29.3 Å². The van der Waals surface area contributed by atoms with Gasteiger partial charge in [-0.25, -0.2) is 9.69 Å². The molecule has 32 heavy (non-hydrogen) atoms. The molecule has 9 nitrogen and oxygen atoms in total. The summed E-state index contributed by atoms with van der Waals surface area (Å²) in [7, 11) is 1.37. The van der Waals surface area contributed by atoms with Gasteiger partial charge in [0.2, 0.25) is 0 Å². The van der Waals surface area contributed by atoms with E-state index in [9.17, 15) is 19.8 Å². The van der Waals surface area contributed by atoms with Crippen molar-refractivity contribution in [3.8, 4) is 11.5 Å². The molecular weight excluding hydrogens is 416 g/mol. The smallest absolute Gasteiger partial charge is 0.414 e. The average Bonchev–Trinajstić information content (AvgIpc) is 3.14. The number of carbonyl (C=O) groups is 2. The SMILES string of the molecule is COc1cc2c(cc1O)N(C(=O)O)C(OC1CCCCO1)[C@@H]1Cc3ccccc3N1C2=O. The van der Waals surface area contributed by atoms with Gasteiger partial charge >= 0.3 is 6.09 Å². The Kier molecular flexibility index (Phi) is 5.15. The van der Waals surface area contributed by atoms with E-state index in [4.69, 9.17) is 14.2 Å². The highest BCUT2D eigenvalue weighted by atomic mass is 16.7. The molecule has 2 aromatic rings. The van der Waals surface area contributed by atoms with E-state index in [1.807, 2.05) is 24.3 Å². The molecule has 1 fully saturated rings. The predicted octanol–water partition coefficient (Wildman–Crippen LogP) is 3.34. The maximum absolute atomic E-state index is 13.7. The van der Waals surface area contributed by atoms with E-state index < -0.39 is 24.7 Å². The number of anilines is 2. The zero-order valence-electron chi connectivity index (χ0n) is 17.6.